The van der Waals surface area contributed by atoms with Crippen molar-refractivity contribution < 1.29 is 5.11 Å². The molecule has 4 heteroatoms. The Morgan fingerprint density at radius 1 is 1.50 bits per heavy atom. The fraction of sp³-hybridized carbons (Fsp3) is 0.500. The normalized spacial score (nSPS) is 26.6. The fourth-order valence-electron chi connectivity index (χ4n) is 1.51. The summed E-state index contributed by atoms with van der Waals surface area (Å²) in [7, 11) is 0. The van der Waals surface area contributed by atoms with Crippen molar-refractivity contribution in [3.05, 3.63) is 24.5 Å². The SMILES string of the molecule is O[C@@]1(CSc2ccncc2)CCNC1. The van der Waals surface area contributed by atoms with Crippen molar-refractivity contribution >= 4 is 11.8 Å². The Labute approximate surface area is 87.9 Å². The quantitative estimate of drug-likeness (QED) is 0.728. The maximum absolute atomic E-state index is 10.1. The van der Waals surface area contributed by atoms with E-state index in [0.717, 1.165) is 18.7 Å². The minimum absolute atomic E-state index is 0.520. The predicted octanol–water partition coefficient (Wildman–Crippen LogP) is 0.898. The first kappa shape index (κ1) is 9.96. The second-order valence-corrected chi connectivity index (χ2v) is 4.67. The van der Waals surface area contributed by atoms with Crippen LogP contribution in [0.5, 0.6) is 0 Å². The smallest absolute Gasteiger partial charge is 0.0876 e. The number of thioether (sulfide) groups is 1. The molecule has 14 heavy (non-hydrogen) atoms. The lowest BCUT2D eigenvalue weighted by Crippen LogP contribution is -2.33. The molecule has 0 spiro atoms. The van der Waals surface area contributed by atoms with Crippen molar-refractivity contribution in [2.24, 2.45) is 0 Å². The second kappa shape index (κ2) is 4.29. The summed E-state index contributed by atoms with van der Waals surface area (Å²) >= 11 is 1.69. The molecule has 2 N–H and O–H groups in total. The average Bonchev–Trinajstić information content (AvgIpc) is 2.65. The molecule has 1 aromatic heterocycles. The monoisotopic (exact) mass is 210 g/mol. The Balaban J connectivity index is 1.88. The van der Waals surface area contributed by atoms with Crippen LogP contribution in [0.3, 0.4) is 0 Å². The van der Waals surface area contributed by atoms with Gasteiger partial charge in [-0.15, -0.1) is 11.8 Å². The minimum Gasteiger partial charge on any atom is -0.388 e. The molecule has 76 valence electrons. The number of nitrogens with one attached hydrogen (secondary N) is 1. The number of aliphatic hydroxyl groups is 1. The van der Waals surface area contributed by atoms with E-state index in [1.54, 1.807) is 24.2 Å². The molecule has 1 aromatic rings. The van der Waals surface area contributed by atoms with Crippen LogP contribution in [-0.4, -0.2) is 34.5 Å². The summed E-state index contributed by atoms with van der Waals surface area (Å²) in [5, 5.41) is 13.2. The number of nitrogens with zero attached hydrogens (tertiary/aromatic N) is 1. The van der Waals surface area contributed by atoms with E-state index in [-0.39, 0.29) is 0 Å². The first-order valence-corrected chi connectivity index (χ1v) is 5.73. The average molecular weight is 210 g/mol. The molecular weight excluding hydrogens is 196 g/mol. The van der Waals surface area contributed by atoms with Crippen LogP contribution in [0.4, 0.5) is 0 Å². The molecule has 3 nitrogen and oxygen atoms in total. The summed E-state index contributed by atoms with van der Waals surface area (Å²) in [5.41, 5.74) is -0.520. The van der Waals surface area contributed by atoms with E-state index in [9.17, 15) is 5.11 Å². The summed E-state index contributed by atoms with van der Waals surface area (Å²) in [6.45, 7) is 1.64. The maximum Gasteiger partial charge on any atom is 0.0876 e. The Kier molecular flexibility index (Phi) is 3.05. The van der Waals surface area contributed by atoms with Crippen LogP contribution in [0.1, 0.15) is 6.42 Å². The second-order valence-electron chi connectivity index (χ2n) is 3.62. The van der Waals surface area contributed by atoms with Gasteiger partial charge in [0.25, 0.3) is 0 Å². The molecule has 2 rings (SSSR count). The molecule has 1 saturated heterocycles. The molecule has 1 fully saturated rings. The van der Waals surface area contributed by atoms with E-state index >= 15 is 0 Å². The van der Waals surface area contributed by atoms with E-state index in [0.29, 0.717) is 6.54 Å². The molecule has 0 saturated carbocycles. The number of hydrogen-bond acceptors (Lipinski definition) is 4. The Morgan fingerprint density at radius 3 is 2.93 bits per heavy atom. The van der Waals surface area contributed by atoms with Crippen LogP contribution < -0.4 is 5.32 Å². The van der Waals surface area contributed by atoms with Gasteiger partial charge in [-0.2, -0.15) is 0 Å². The highest BCUT2D eigenvalue weighted by Crippen LogP contribution is 2.25. The molecule has 0 aromatic carbocycles. The maximum atomic E-state index is 10.1. The lowest BCUT2D eigenvalue weighted by atomic mass is 10.1. The highest BCUT2D eigenvalue weighted by molar-refractivity contribution is 7.99. The van der Waals surface area contributed by atoms with Gasteiger partial charge >= 0.3 is 0 Å². The van der Waals surface area contributed by atoms with Crippen LogP contribution in [0.25, 0.3) is 0 Å². The molecule has 0 radical (unpaired) electrons. The third-order valence-electron chi connectivity index (χ3n) is 2.38. The van der Waals surface area contributed by atoms with Gasteiger partial charge in [-0.3, -0.25) is 4.98 Å². The number of β-amino-alcohol motifs (C(OH)–C–C–N with tert-alkyl or cyclic N) is 1. The van der Waals surface area contributed by atoms with Gasteiger partial charge in [0.15, 0.2) is 0 Å². The number of hydrogen-bond donors (Lipinski definition) is 2. The lowest BCUT2D eigenvalue weighted by Gasteiger charge is -2.20. The molecule has 0 unspecified atom stereocenters. The highest BCUT2D eigenvalue weighted by Gasteiger charge is 2.30. The molecule has 0 amide bonds. The summed E-state index contributed by atoms with van der Waals surface area (Å²) in [6.07, 6.45) is 4.41. The first-order chi connectivity index (χ1) is 6.79. The van der Waals surface area contributed by atoms with Gasteiger partial charge < -0.3 is 10.4 Å². The van der Waals surface area contributed by atoms with Crippen LogP contribution in [0.2, 0.25) is 0 Å². The lowest BCUT2D eigenvalue weighted by molar-refractivity contribution is 0.0871. The van der Waals surface area contributed by atoms with Gasteiger partial charge in [0, 0.05) is 29.6 Å². The van der Waals surface area contributed by atoms with Crippen LogP contribution >= 0.6 is 11.8 Å². The zero-order valence-electron chi connectivity index (χ0n) is 7.94. The van der Waals surface area contributed by atoms with Gasteiger partial charge in [0.05, 0.1) is 5.60 Å². The van der Waals surface area contributed by atoms with E-state index < -0.39 is 5.60 Å². The minimum atomic E-state index is -0.520. The zero-order valence-corrected chi connectivity index (χ0v) is 8.76. The summed E-state index contributed by atoms with van der Waals surface area (Å²) in [5.74, 6) is 0.754. The topological polar surface area (TPSA) is 45.2 Å². The molecule has 2 heterocycles. The van der Waals surface area contributed by atoms with Crippen LogP contribution in [-0.2, 0) is 0 Å². The van der Waals surface area contributed by atoms with E-state index in [2.05, 4.69) is 10.3 Å². The van der Waals surface area contributed by atoms with Crippen molar-refractivity contribution in [2.45, 2.75) is 16.9 Å². The molecule has 0 bridgehead atoms. The van der Waals surface area contributed by atoms with Gasteiger partial charge in [-0.25, -0.2) is 0 Å². The molecular formula is C10H14N2OS. The zero-order chi connectivity index (χ0) is 9.86. The highest BCUT2D eigenvalue weighted by atomic mass is 32.2. The van der Waals surface area contributed by atoms with Gasteiger partial charge in [-0.05, 0) is 25.1 Å². The number of rotatable bonds is 3. The van der Waals surface area contributed by atoms with Gasteiger partial charge in [-0.1, -0.05) is 0 Å². The van der Waals surface area contributed by atoms with Crippen molar-refractivity contribution in [3.8, 4) is 0 Å². The predicted molar refractivity (Wildman–Crippen MR) is 57.4 cm³/mol. The fourth-order valence-corrected chi connectivity index (χ4v) is 2.50. The first-order valence-electron chi connectivity index (χ1n) is 4.74. The molecule has 0 aliphatic carbocycles. The van der Waals surface area contributed by atoms with Crippen LogP contribution in [0.15, 0.2) is 29.4 Å². The molecule has 1 aliphatic heterocycles. The standard InChI is InChI=1S/C10H14N2OS/c13-10(3-6-12-7-10)8-14-9-1-4-11-5-2-9/h1-2,4-5,12-13H,3,6-8H2/t10-/m0/s1. The third-order valence-corrected chi connectivity index (χ3v) is 3.67. The van der Waals surface area contributed by atoms with E-state index in [1.807, 2.05) is 12.1 Å². The summed E-state index contributed by atoms with van der Waals surface area (Å²) < 4.78 is 0. The summed E-state index contributed by atoms with van der Waals surface area (Å²) in [6, 6.07) is 3.94. The van der Waals surface area contributed by atoms with Crippen molar-refractivity contribution in [1.82, 2.24) is 10.3 Å². The van der Waals surface area contributed by atoms with Gasteiger partial charge in [0.1, 0.15) is 0 Å². The van der Waals surface area contributed by atoms with E-state index in [1.165, 1.54) is 4.90 Å². The van der Waals surface area contributed by atoms with Crippen molar-refractivity contribution in [1.29, 1.82) is 0 Å². The Morgan fingerprint density at radius 2 is 2.29 bits per heavy atom. The van der Waals surface area contributed by atoms with Crippen molar-refractivity contribution in [2.75, 3.05) is 18.8 Å². The number of pyridine rings is 1. The van der Waals surface area contributed by atoms with Gasteiger partial charge in [0.2, 0.25) is 0 Å². The largest absolute Gasteiger partial charge is 0.388 e. The van der Waals surface area contributed by atoms with E-state index in [4.69, 9.17) is 0 Å². The molecule has 1 atom stereocenters. The van der Waals surface area contributed by atoms with Crippen LogP contribution in [0, 0.1) is 0 Å². The Bertz CT molecular complexity index is 285. The van der Waals surface area contributed by atoms with Crippen molar-refractivity contribution in [3.63, 3.8) is 0 Å². The third kappa shape index (κ3) is 2.47. The summed E-state index contributed by atoms with van der Waals surface area (Å²) in [4.78, 5) is 5.12. The molecule has 1 aliphatic rings. The Hall–Kier alpha value is -0.580. The number of aromatic nitrogens is 1.